The van der Waals surface area contributed by atoms with Gasteiger partial charge in [0.05, 0.1) is 13.0 Å². The lowest BCUT2D eigenvalue weighted by atomic mass is 9.74. The van der Waals surface area contributed by atoms with E-state index in [1.807, 2.05) is 42.5 Å². The van der Waals surface area contributed by atoms with Crippen molar-refractivity contribution in [1.82, 2.24) is 5.32 Å². The molecule has 1 unspecified atom stereocenters. The SMILES string of the molecule is COc1ccc(C2(CNC(=O)C3CC(=O)N(c4ccccc4)C3)CCOCC2)cc1. The van der Waals surface area contributed by atoms with Crippen LogP contribution < -0.4 is 15.0 Å². The second-order valence-electron chi connectivity index (χ2n) is 8.08. The lowest BCUT2D eigenvalue weighted by Gasteiger charge is -2.38. The minimum Gasteiger partial charge on any atom is -0.497 e. The number of carbonyl (C=O) groups is 2. The second-order valence-corrected chi connectivity index (χ2v) is 8.08. The molecule has 0 spiro atoms. The number of para-hydroxylation sites is 1. The van der Waals surface area contributed by atoms with Gasteiger partial charge in [-0.3, -0.25) is 9.59 Å². The Morgan fingerprint density at radius 3 is 2.50 bits per heavy atom. The van der Waals surface area contributed by atoms with Crippen LogP contribution >= 0.6 is 0 Å². The van der Waals surface area contributed by atoms with E-state index in [1.165, 1.54) is 5.56 Å². The van der Waals surface area contributed by atoms with E-state index in [2.05, 4.69) is 17.4 Å². The molecule has 2 aromatic carbocycles. The molecule has 0 bridgehead atoms. The summed E-state index contributed by atoms with van der Waals surface area (Å²) < 4.78 is 10.9. The number of carbonyl (C=O) groups excluding carboxylic acids is 2. The maximum Gasteiger partial charge on any atom is 0.227 e. The van der Waals surface area contributed by atoms with Crippen molar-refractivity contribution >= 4 is 17.5 Å². The normalized spacial score (nSPS) is 20.8. The zero-order chi connectivity index (χ0) is 21.0. The monoisotopic (exact) mass is 408 g/mol. The van der Waals surface area contributed by atoms with Crippen LogP contribution in [0.15, 0.2) is 54.6 Å². The van der Waals surface area contributed by atoms with E-state index in [0.717, 1.165) is 24.3 Å². The summed E-state index contributed by atoms with van der Waals surface area (Å²) in [6.45, 7) is 2.31. The second kappa shape index (κ2) is 8.88. The topological polar surface area (TPSA) is 67.9 Å². The highest BCUT2D eigenvalue weighted by atomic mass is 16.5. The molecular formula is C24H28N2O4. The zero-order valence-corrected chi connectivity index (χ0v) is 17.3. The quantitative estimate of drug-likeness (QED) is 0.798. The van der Waals surface area contributed by atoms with Crippen molar-refractivity contribution in [2.24, 2.45) is 5.92 Å². The summed E-state index contributed by atoms with van der Waals surface area (Å²) in [6, 6.07) is 17.6. The first-order valence-electron chi connectivity index (χ1n) is 10.5. The Morgan fingerprint density at radius 2 is 1.83 bits per heavy atom. The largest absolute Gasteiger partial charge is 0.497 e. The minimum atomic E-state index is -0.328. The van der Waals surface area contributed by atoms with Gasteiger partial charge in [0.2, 0.25) is 11.8 Å². The number of benzene rings is 2. The van der Waals surface area contributed by atoms with Crippen molar-refractivity contribution in [2.75, 3.05) is 38.3 Å². The van der Waals surface area contributed by atoms with Gasteiger partial charge < -0.3 is 19.7 Å². The molecule has 0 aliphatic carbocycles. The van der Waals surface area contributed by atoms with E-state index >= 15 is 0 Å². The van der Waals surface area contributed by atoms with Gasteiger partial charge >= 0.3 is 0 Å². The van der Waals surface area contributed by atoms with Crippen molar-refractivity contribution in [2.45, 2.75) is 24.7 Å². The number of rotatable bonds is 6. The summed E-state index contributed by atoms with van der Waals surface area (Å²) in [5.41, 5.74) is 1.86. The summed E-state index contributed by atoms with van der Waals surface area (Å²) in [5, 5.41) is 3.15. The maximum absolute atomic E-state index is 12.9. The third kappa shape index (κ3) is 4.19. The van der Waals surface area contributed by atoms with Gasteiger partial charge in [-0.15, -0.1) is 0 Å². The van der Waals surface area contributed by atoms with Gasteiger partial charge in [-0.25, -0.2) is 0 Å². The van der Waals surface area contributed by atoms with Gasteiger partial charge in [0.15, 0.2) is 0 Å². The number of amides is 2. The molecule has 2 aliphatic heterocycles. The number of ether oxygens (including phenoxy) is 2. The molecule has 2 fully saturated rings. The fourth-order valence-electron chi connectivity index (χ4n) is 4.42. The zero-order valence-electron chi connectivity index (χ0n) is 17.3. The number of nitrogens with zero attached hydrogens (tertiary/aromatic N) is 1. The molecule has 2 heterocycles. The summed E-state index contributed by atoms with van der Waals surface area (Å²) >= 11 is 0. The lowest BCUT2D eigenvalue weighted by Crippen LogP contribution is -2.46. The smallest absolute Gasteiger partial charge is 0.227 e. The molecule has 30 heavy (non-hydrogen) atoms. The van der Waals surface area contributed by atoms with Crippen molar-refractivity contribution in [3.05, 3.63) is 60.2 Å². The molecule has 1 N–H and O–H groups in total. The first-order chi connectivity index (χ1) is 14.6. The van der Waals surface area contributed by atoms with Crippen LogP contribution in [0.25, 0.3) is 0 Å². The Balaban J connectivity index is 1.43. The molecule has 158 valence electrons. The number of nitrogens with one attached hydrogen (secondary N) is 1. The first-order valence-corrected chi connectivity index (χ1v) is 10.5. The Labute approximate surface area is 177 Å². The fraction of sp³-hybridized carbons (Fsp3) is 0.417. The Bertz CT molecular complexity index is 876. The van der Waals surface area contributed by atoms with Crippen molar-refractivity contribution < 1.29 is 19.1 Å². The molecule has 0 saturated carbocycles. The molecule has 4 rings (SSSR count). The molecule has 2 aliphatic rings. The highest BCUT2D eigenvalue weighted by Crippen LogP contribution is 2.35. The van der Waals surface area contributed by atoms with Crippen LogP contribution in [0.5, 0.6) is 5.75 Å². The van der Waals surface area contributed by atoms with Gasteiger partial charge in [0.1, 0.15) is 5.75 Å². The van der Waals surface area contributed by atoms with Crippen molar-refractivity contribution in [3.63, 3.8) is 0 Å². The van der Waals surface area contributed by atoms with E-state index in [0.29, 0.717) is 26.3 Å². The van der Waals surface area contributed by atoms with Gasteiger partial charge in [0, 0.05) is 43.8 Å². The van der Waals surface area contributed by atoms with E-state index in [1.54, 1.807) is 12.0 Å². The predicted molar refractivity (Wildman–Crippen MR) is 115 cm³/mol. The van der Waals surface area contributed by atoms with Gasteiger partial charge in [-0.1, -0.05) is 30.3 Å². The molecule has 6 heteroatoms. The number of hydrogen-bond acceptors (Lipinski definition) is 4. The number of hydrogen-bond donors (Lipinski definition) is 1. The highest BCUT2D eigenvalue weighted by Gasteiger charge is 2.38. The van der Waals surface area contributed by atoms with Gasteiger partial charge in [-0.05, 0) is 42.7 Å². The Hall–Kier alpha value is -2.86. The van der Waals surface area contributed by atoms with E-state index in [9.17, 15) is 9.59 Å². The molecular weight excluding hydrogens is 380 g/mol. The molecule has 2 amide bonds. The highest BCUT2D eigenvalue weighted by molar-refractivity contribution is 6.00. The molecule has 1 atom stereocenters. The third-order valence-corrected chi connectivity index (χ3v) is 6.32. The maximum atomic E-state index is 12.9. The van der Waals surface area contributed by atoms with Crippen molar-refractivity contribution in [1.29, 1.82) is 0 Å². The van der Waals surface area contributed by atoms with Crippen LogP contribution in [0, 0.1) is 5.92 Å². The van der Waals surface area contributed by atoms with Crippen LogP contribution in [0.2, 0.25) is 0 Å². The molecule has 0 radical (unpaired) electrons. The Morgan fingerprint density at radius 1 is 1.13 bits per heavy atom. The van der Waals surface area contributed by atoms with Crippen LogP contribution in [0.3, 0.4) is 0 Å². The van der Waals surface area contributed by atoms with Crippen LogP contribution in [-0.4, -0.2) is 45.2 Å². The first kappa shape index (κ1) is 20.4. The van der Waals surface area contributed by atoms with Gasteiger partial charge in [-0.2, -0.15) is 0 Å². The molecule has 2 saturated heterocycles. The molecule has 6 nitrogen and oxygen atoms in total. The van der Waals surface area contributed by atoms with E-state index < -0.39 is 0 Å². The summed E-state index contributed by atoms with van der Waals surface area (Å²) in [4.78, 5) is 27.1. The average Bonchev–Trinajstić information content (AvgIpc) is 3.20. The fourth-order valence-corrected chi connectivity index (χ4v) is 4.42. The van der Waals surface area contributed by atoms with Crippen LogP contribution in [0.4, 0.5) is 5.69 Å². The van der Waals surface area contributed by atoms with Crippen molar-refractivity contribution in [3.8, 4) is 5.75 Å². The Kier molecular flexibility index (Phi) is 6.04. The van der Waals surface area contributed by atoms with E-state index in [-0.39, 0.29) is 29.6 Å². The van der Waals surface area contributed by atoms with Gasteiger partial charge in [0.25, 0.3) is 0 Å². The standard InChI is InChI=1S/C24H28N2O4/c1-29-21-9-7-19(8-10-21)24(11-13-30-14-12-24)17-25-23(28)18-15-22(27)26(16-18)20-5-3-2-4-6-20/h2-10,18H,11-17H2,1H3,(H,25,28). The molecule has 2 aromatic rings. The summed E-state index contributed by atoms with van der Waals surface area (Å²) in [5.74, 6) is 0.430. The third-order valence-electron chi connectivity index (χ3n) is 6.32. The number of anilines is 1. The summed E-state index contributed by atoms with van der Waals surface area (Å²) in [7, 11) is 1.65. The number of methoxy groups -OCH3 is 1. The summed E-state index contributed by atoms with van der Waals surface area (Å²) in [6.07, 6.45) is 1.94. The molecule has 0 aromatic heterocycles. The van der Waals surface area contributed by atoms with Crippen LogP contribution in [0.1, 0.15) is 24.8 Å². The average molecular weight is 408 g/mol. The van der Waals surface area contributed by atoms with E-state index in [4.69, 9.17) is 9.47 Å². The van der Waals surface area contributed by atoms with Crippen LogP contribution in [-0.2, 0) is 19.7 Å². The predicted octanol–water partition coefficient (Wildman–Crippen LogP) is 2.91. The minimum absolute atomic E-state index is 0.00251. The lowest BCUT2D eigenvalue weighted by molar-refractivity contribution is -0.126.